The molecular formula is C18H17N3O2S. The van der Waals surface area contributed by atoms with Crippen LogP contribution in [0.25, 0.3) is 0 Å². The fourth-order valence-corrected chi connectivity index (χ4v) is 4.13. The molecule has 0 saturated carbocycles. The van der Waals surface area contributed by atoms with E-state index in [1.165, 1.54) is 23.1 Å². The summed E-state index contributed by atoms with van der Waals surface area (Å²) in [5, 5.41) is 15.6. The van der Waals surface area contributed by atoms with E-state index in [0.717, 1.165) is 30.4 Å². The Labute approximate surface area is 144 Å². The van der Waals surface area contributed by atoms with Gasteiger partial charge in [-0.3, -0.25) is 9.59 Å². The highest BCUT2D eigenvalue weighted by molar-refractivity contribution is 7.16. The van der Waals surface area contributed by atoms with Gasteiger partial charge in [0.05, 0.1) is 12.0 Å². The van der Waals surface area contributed by atoms with Crippen LogP contribution in [0.5, 0.6) is 0 Å². The summed E-state index contributed by atoms with van der Waals surface area (Å²) in [5.41, 5.74) is 3.29. The molecule has 1 aromatic heterocycles. The minimum absolute atomic E-state index is 0.129. The summed E-state index contributed by atoms with van der Waals surface area (Å²) < 4.78 is 0. The van der Waals surface area contributed by atoms with Crippen molar-refractivity contribution in [2.75, 3.05) is 10.6 Å². The molecule has 1 aromatic carbocycles. The van der Waals surface area contributed by atoms with Crippen molar-refractivity contribution in [3.8, 4) is 6.07 Å². The second-order valence-corrected chi connectivity index (χ2v) is 6.88. The molecule has 5 nitrogen and oxygen atoms in total. The van der Waals surface area contributed by atoms with Crippen molar-refractivity contribution in [3.63, 3.8) is 0 Å². The summed E-state index contributed by atoms with van der Waals surface area (Å²) in [4.78, 5) is 24.5. The monoisotopic (exact) mass is 339 g/mol. The van der Waals surface area contributed by atoms with Gasteiger partial charge in [0.1, 0.15) is 11.1 Å². The largest absolute Gasteiger partial charge is 0.326 e. The molecule has 0 spiro atoms. The topological polar surface area (TPSA) is 82.0 Å². The summed E-state index contributed by atoms with van der Waals surface area (Å²) in [6.07, 6.45) is 3.24. The quantitative estimate of drug-likeness (QED) is 0.897. The highest BCUT2D eigenvalue weighted by Crippen LogP contribution is 2.38. The third-order valence-corrected chi connectivity index (χ3v) is 5.13. The number of nitrogens with zero attached hydrogens (tertiary/aromatic N) is 1. The third kappa shape index (κ3) is 3.47. The summed E-state index contributed by atoms with van der Waals surface area (Å²) >= 11 is 1.52. The molecule has 3 rings (SSSR count). The van der Waals surface area contributed by atoms with Gasteiger partial charge in [-0.1, -0.05) is 12.1 Å². The molecular weight excluding hydrogens is 322 g/mol. The second kappa shape index (κ2) is 6.85. The van der Waals surface area contributed by atoms with E-state index < -0.39 is 0 Å². The van der Waals surface area contributed by atoms with Crippen LogP contribution in [0.2, 0.25) is 0 Å². The summed E-state index contributed by atoms with van der Waals surface area (Å²) in [6.45, 7) is 1.45. The fourth-order valence-electron chi connectivity index (χ4n) is 2.88. The van der Waals surface area contributed by atoms with Crippen molar-refractivity contribution >= 4 is 33.8 Å². The molecule has 6 heteroatoms. The Hall–Kier alpha value is -2.65. The Kier molecular flexibility index (Phi) is 4.63. The molecule has 1 aliphatic carbocycles. The number of anilines is 2. The van der Waals surface area contributed by atoms with Gasteiger partial charge < -0.3 is 10.6 Å². The van der Waals surface area contributed by atoms with Gasteiger partial charge in [-0.25, -0.2) is 0 Å². The number of rotatable bonds is 4. The molecule has 2 amide bonds. The minimum atomic E-state index is -0.140. The number of nitriles is 1. The van der Waals surface area contributed by atoms with Crippen molar-refractivity contribution in [1.82, 2.24) is 0 Å². The molecule has 122 valence electrons. The zero-order valence-corrected chi connectivity index (χ0v) is 14.1. The van der Waals surface area contributed by atoms with E-state index in [1.807, 2.05) is 12.1 Å². The van der Waals surface area contributed by atoms with Crippen molar-refractivity contribution in [3.05, 3.63) is 45.8 Å². The van der Waals surface area contributed by atoms with Crippen molar-refractivity contribution in [2.45, 2.75) is 32.6 Å². The van der Waals surface area contributed by atoms with Gasteiger partial charge >= 0.3 is 0 Å². The number of aryl methyl sites for hydroxylation is 1. The highest BCUT2D eigenvalue weighted by Gasteiger charge is 2.23. The van der Waals surface area contributed by atoms with E-state index in [9.17, 15) is 14.9 Å². The molecule has 1 aliphatic rings. The van der Waals surface area contributed by atoms with E-state index in [-0.39, 0.29) is 18.2 Å². The predicted molar refractivity (Wildman–Crippen MR) is 94.1 cm³/mol. The lowest BCUT2D eigenvalue weighted by Gasteiger charge is -2.06. The number of benzene rings is 1. The number of fused-ring (bicyclic) bond motifs is 1. The zero-order chi connectivity index (χ0) is 17.1. The maximum atomic E-state index is 12.3. The van der Waals surface area contributed by atoms with Gasteiger partial charge in [-0.2, -0.15) is 5.26 Å². The van der Waals surface area contributed by atoms with E-state index in [0.29, 0.717) is 16.3 Å². The first-order valence-corrected chi connectivity index (χ1v) is 8.59. The Morgan fingerprint density at radius 2 is 1.96 bits per heavy atom. The van der Waals surface area contributed by atoms with Gasteiger partial charge in [-0.15, -0.1) is 11.3 Å². The molecule has 2 N–H and O–H groups in total. The van der Waals surface area contributed by atoms with Crippen LogP contribution in [0.4, 0.5) is 10.7 Å². The zero-order valence-electron chi connectivity index (χ0n) is 13.3. The summed E-state index contributed by atoms with van der Waals surface area (Å²) in [6, 6.07) is 9.38. The number of thiophene rings is 1. The molecule has 0 atom stereocenters. The van der Waals surface area contributed by atoms with Crippen molar-refractivity contribution in [1.29, 1.82) is 5.26 Å². The van der Waals surface area contributed by atoms with Crippen LogP contribution in [0, 0.1) is 11.3 Å². The minimum Gasteiger partial charge on any atom is -0.326 e. The van der Waals surface area contributed by atoms with Crippen LogP contribution < -0.4 is 10.6 Å². The maximum Gasteiger partial charge on any atom is 0.229 e. The molecule has 0 aliphatic heterocycles. The van der Waals surface area contributed by atoms with E-state index in [1.54, 1.807) is 12.1 Å². The SMILES string of the molecule is CC(=O)Nc1ccc(CC(=O)Nc2sc3c(c2C#N)CCC3)cc1. The first-order valence-electron chi connectivity index (χ1n) is 7.78. The second-order valence-electron chi connectivity index (χ2n) is 5.78. The van der Waals surface area contributed by atoms with Crippen molar-refractivity contribution < 1.29 is 9.59 Å². The number of nitrogens with one attached hydrogen (secondary N) is 2. The van der Waals surface area contributed by atoms with Gasteiger partial charge in [0.25, 0.3) is 0 Å². The van der Waals surface area contributed by atoms with Gasteiger partial charge in [0.2, 0.25) is 11.8 Å². The van der Waals surface area contributed by atoms with Gasteiger partial charge in [-0.05, 0) is 42.5 Å². The number of hydrogen-bond donors (Lipinski definition) is 2. The standard InChI is InChI=1S/C18H17N3O2S/c1-11(22)20-13-7-5-12(6-8-13)9-17(23)21-18-15(10-19)14-3-2-4-16(14)24-18/h5-8H,2-4,9H2,1H3,(H,20,22)(H,21,23). The molecule has 0 unspecified atom stereocenters. The molecule has 0 bridgehead atoms. The lowest BCUT2D eigenvalue weighted by molar-refractivity contribution is -0.116. The van der Waals surface area contributed by atoms with E-state index in [4.69, 9.17) is 0 Å². The average Bonchev–Trinajstić information content (AvgIpc) is 3.09. The number of hydrogen-bond acceptors (Lipinski definition) is 4. The molecule has 0 fully saturated rings. The van der Waals surface area contributed by atoms with Crippen molar-refractivity contribution in [2.24, 2.45) is 0 Å². The third-order valence-electron chi connectivity index (χ3n) is 3.93. The van der Waals surface area contributed by atoms with Gasteiger partial charge in [0, 0.05) is 17.5 Å². The summed E-state index contributed by atoms with van der Waals surface area (Å²) in [7, 11) is 0. The van der Waals surface area contributed by atoms with Crippen LogP contribution in [0.3, 0.4) is 0 Å². The molecule has 0 saturated heterocycles. The predicted octanol–water partition coefficient (Wildman–Crippen LogP) is 3.25. The van der Waals surface area contributed by atoms with Gasteiger partial charge in [0.15, 0.2) is 0 Å². The highest BCUT2D eigenvalue weighted by atomic mass is 32.1. The lowest BCUT2D eigenvalue weighted by Crippen LogP contribution is -2.14. The maximum absolute atomic E-state index is 12.3. The Morgan fingerprint density at radius 1 is 1.21 bits per heavy atom. The lowest BCUT2D eigenvalue weighted by atomic mass is 10.1. The fraction of sp³-hybridized carbons (Fsp3) is 0.278. The number of carbonyl (C=O) groups is 2. The van der Waals surface area contributed by atoms with E-state index in [2.05, 4.69) is 16.7 Å². The smallest absolute Gasteiger partial charge is 0.229 e. The van der Waals surface area contributed by atoms with Crippen LogP contribution in [0.1, 0.15) is 34.9 Å². The molecule has 0 radical (unpaired) electrons. The van der Waals surface area contributed by atoms with Crippen LogP contribution in [0.15, 0.2) is 24.3 Å². The molecule has 1 heterocycles. The normalized spacial score (nSPS) is 12.3. The van der Waals surface area contributed by atoms with Crippen LogP contribution in [-0.2, 0) is 28.9 Å². The van der Waals surface area contributed by atoms with E-state index >= 15 is 0 Å². The average molecular weight is 339 g/mol. The number of carbonyl (C=O) groups excluding carboxylic acids is 2. The first-order chi connectivity index (χ1) is 11.6. The Morgan fingerprint density at radius 3 is 2.62 bits per heavy atom. The van der Waals surface area contributed by atoms with Crippen LogP contribution >= 0.6 is 11.3 Å². The number of amides is 2. The molecule has 24 heavy (non-hydrogen) atoms. The Bertz CT molecular complexity index is 831. The summed E-state index contributed by atoms with van der Waals surface area (Å²) in [5.74, 6) is -0.269. The first kappa shape index (κ1) is 16.2. The molecule has 2 aromatic rings. The Balaban J connectivity index is 1.66. The van der Waals surface area contributed by atoms with Crippen LogP contribution in [-0.4, -0.2) is 11.8 Å².